The van der Waals surface area contributed by atoms with Gasteiger partial charge in [0.2, 0.25) is 0 Å². The molecule has 5 N–H and O–H groups in total. The summed E-state index contributed by atoms with van der Waals surface area (Å²) in [5, 5.41) is 10.1. The number of nitrogens with two attached hydrogens (primary N) is 2. The van der Waals surface area contributed by atoms with Crippen LogP contribution in [0, 0.1) is 20.8 Å². The molecule has 0 atom stereocenters. The van der Waals surface area contributed by atoms with Gasteiger partial charge in [0.1, 0.15) is 5.75 Å². The van der Waals surface area contributed by atoms with Gasteiger partial charge in [-0.1, -0.05) is 6.07 Å². The van der Waals surface area contributed by atoms with Gasteiger partial charge < -0.3 is 26.4 Å². The largest absolute Gasteiger partial charge is 0.506 e. The monoisotopic (exact) mass is 310 g/mol. The maximum absolute atomic E-state index is 10.1. The topological polar surface area (TPSA) is 78.8 Å². The molecule has 0 spiro atoms. The summed E-state index contributed by atoms with van der Waals surface area (Å²) in [5.74, 6) is 0.170. The molecule has 0 saturated heterocycles. The minimum absolute atomic E-state index is 0.170. The number of hydrogen-bond donors (Lipinski definition) is 3. The van der Waals surface area contributed by atoms with Gasteiger partial charge in [-0.15, -0.1) is 0 Å². The Morgan fingerprint density at radius 2 is 1.35 bits per heavy atom. The van der Waals surface area contributed by atoms with Crippen molar-refractivity contribution in [1.82, 2.24) is 0 Å². The van der Waals surface area contributed by atoms with Gasteiger partial charge in [-0.2, -0.15) is 0 Å². The Hall–Kier alpha value is -2.56. The van der Waals surface area contributed by atoms with Crippen LogP contribution in [0.1, 0.15) is 27.8 Å². The molecule has 2 bridgehead atoms. The Morgan fingerprint density at radius 3 is 1.96 bits per heavy atom. The third kappa shape index (κ3) is 1.79. The molecule has 2 aromatic carbocycles. The lowest BCUT2D eigenvalue weighted by molar-refractivity contribution is 0.476. The molecule has 4 rings (SSSR count). The van der Waals surface area contributed by atoms with Gasteiger partial charge in [0.25, 0.3) is 0 Å². The molecule has 2 aromatic rings. The number of phenols is 1. The highest BCUT2D eigenvalue weighted by atomic mass is 16.3. The Bertz CT molecular complexity index is 774. The quantitative estimate of drug-likeness (QED) is 0.515. The van der Waals surface area contributed by atoms with Crippen molar-refractivity contribution in [1.29, 1.82) is 0 Å². The molecule has 0 saturated carbocycles. The zero-order chi connectivity index (χ0) is 16.5. The number of benzene rings is 2. The van der Waals surface area contributed by atoms with Gasteiger partial charge in [-0.3, -0.25) is 0 Å². The zero-order valence-electron chi connectivity index (χ0n) is 13.8. The summed E-state index contributed by atoms with van der Waals surface area (Å²) in [6.07, 6.45) is 0. The van der Waals surface area contributed by atoms with Gasteiger partial charge in [-0.05, 0) is 43.5 Å². The van der Waals surface area contributed by atoms with E-state index in [-0.39, 0.29) is 5.75 Å². The van der Waals surface area contributed by atoms with Gasteiger partial charge in [-0.25, -0.2) is 0 Å². The fraction of sp³-hybridized carbons (Fsp3) is 0.333. The van der Waals surface area contributed by atoms with Crippen molar-refractivity contribution < 1.29 is 5.11 Å². The second-order valence-electron chi connectivity index (χ2n) is 6.74. The maximum Gasteiger partial charge on any atom is 0.139 e. The number of hydrogen-bond acceptors (Lipinski definition) is 5. The van der Waals surface area contributed by atoms with Crippen molar-refractivity contribution in [3.8, 4) is 5.75 Å². The average Bonchev–Trinajstić information content (AvgIpc) is 2.49. The van der Waals surface area contributed by atoms with Crippen molar-refractivity contribution >= 4 is 22.7 Å². The van der Waals surface area contributed by atoms with Crippen molar-refractivity contribution in [3.63, 3.8) is 0 Å². The standard InChI is InChI=1S/C18H22N4O/c1-9-4-10(2)17-12(15(9)19)6-21-8-22(17)7-13-16(20)14(23)5-11(3)18(13)21/h4-5,23H,6-8,19-20H2,1-3H3. The minimum Gasteiger partial charge on any atom is -0.506 e. The molecular formula is C18H22N4O. The molecule has 0 aromatic heterocycles. The fourth-order valence-corrected chi connectivity index (χ4v) is 4.13. The van der Waals surface area contributed by atoms with E-state index in [9.17, 15) is 5.11 Å². The molecular weight excluding hydrogens is 288 g/mol. The van der Waals surface area contributed by atoms with E-state index in [1.165, 1.54) is 16.8 Å². The van der Waals surface area contributed by atoms with Crippen LogP contribution in [0.3, 0.4) is 0 Å². The lowest BCUT2D eigenvalue weighted by Crippen LogP contribution is -2.47. The van der Waals surface area contributed by atoms with Crippen LogP contribution in [0.5, 0.6) is 5.75 Å². The Kier molecular flexibility index (Phi) is 2.73. The number of rotatable bonds is 0. The van der Waals surface area contributed by atoms with Crippen LogP contribution >= 0.6 is 0 Å². The molecule has 2 aliphatic rings. The van der Waals surface area contributed by atoms with Gasteiger partial charge in [0.05, 0.1) is 12.4 Å². The van der Waals surface area contributed by atoms with Crippen molar-refractivity contribution in [2.45, 2.75) is 33.9 Å². The predicted molar refractivity (Wildman–Crippen MR) is 94.8 cm³/mol. The molecule has 0 aliphatic carbocycles. The van der Waals surface area contributed by atoms with Gasteiger partial charge >= 0.3 is 0 Å². The molecule has 0 unspecified atom stereocenters. The molecule has 120 valence electrons. The third-order valence-corrected chi connectivity index (χ3v) is 5.13. The summed E-state index contributed by atoms with van der Waals surface area (Å²) in [6.45, 7) is 8.52. The Balaban J connectivity index is 1.94. The van der Waals surface area contributed by atoms with Gasteiger partial charge in [0, 0.05) is 41.3 Å². The number of anilines is 4. The summed E-state index contributed by atoms with van der Waals surface area (Å²) in [5.41, 5.74) is 21.9. The number of fused-ring (bicyclic) bond motifs is 6. The molecule has 2 heterocycles. The van der Waals surface area contributed by atoms with Crippen LogP contribution in [-0.4, -0.2) is 11.8 Å². The van der Waals surface area contributed by atoms with E-state index in [0.29, 0.717) is 12.2 Å². The van der Waals surface area contributed by atoms with Crippen molar-refractivity contribution in [2.24, 2.45) is 0 Å². The summed E-state index contributed by atoms with van der Waals surface area (Å²) in [7, 11) is 0. The van der Waals surface area contributed by atoms with E-state index >= 15 is 0 Å². The number of aromatic hydroxyl groups is 1. The van der Waals surface area contributed by atoms with Crippen LogP contribution in [0.15, 0.2) is 12.1 Å². The zero-order valence-corrected chi connectivity index (χ0v) is 13.8. The highest BCUT2D eigenvalue weighted by Gasteiger charge is 2.34. The lowest BCUT2D eigenvalue weighted by Gasteiger charge is -2.47. The number of nitrogens with zero attached hydrogens (tertiary/aromatic N) is 2. The van der Waals surface area contributed by atoms with Crippen LogP contribution in [-0.2, 0) is 13.1 Å². The lowest BCUT2D eigenvalue weighted by atomic mass is 9.93. The van der Waals surface area contributed by atoms with Crippen molar-refractivity contribution in [2.75, 3.05) is 27.9 Å². The number of aryl methyl sites for hydroxylation is 3. The highest BCUT2D eigenvalue weighted by molar-refractivity contribution is 5.82. The molecule has 5 nitrogen and oxygen atoms in total. The summed E-state index contributed by atoms with van der Waals surface area (Å²) in [4.78, 5) is 4.61. The predicted octanol–water partition coefficient (Wildman–Crippen LogP) is 2.78. The SMILES string of the molecule is Cc1cc(C)c2c(c1N)CN1CN2Cc2c(N)c(O)cc(C)c21. The van der Waals surface area contributed by atoms with Crippen molar-refractivity contribution in [3.05, 3.63) is 39.9 Å². The second-order valence-corrected chi connectivity index (χ2v) is 6.74. The first-order valence-corrected chi connectivity index (χ1v) is 7.87. The minimum atomic E-state index is 0.170. The van der Waals surface area contributed by atoms with Gasteiger partial charge in [0.15, 0.2) is 0 Å². The van der Waals surface area contributed by atoms with E-state index in [2.05, 4.69) is 29.7 Å². The smallest absolute Gasteiger partial charge is 0.139 e. The first-order valence-electron chi connectivity index (χ1n) is 7.87. The molecule has 0 radical (unpaired) electrons. The van der Waals surface area contributed by atoms with E-state index in [0.717, 1.165) is 41.3 Å². The number of phenolic OH excluding ortho intramolecular Hbond substituents is 1. The maximum atomic E-state index is 10.1. The average molecular weight is 310 g/mol. The summed E-state index contributed by atoms with van der Waals surface area (Å²) in [6, 6.07) is 3.90. The highest BCUT2D eigenvalue weighted by Crippen LogP contribution is 2.46. The van der Waals surface area contributed by atoms with E-state index in [4.69, 9.17) is 11.5 Å². The van der Waals surface area contributed by atoms with E-state index < -0.39 is 0 Å². The molecule has 23 heavy (non-hydrogen) atoms. The second kappa shape index (κ2) is 4.47. The fourth-order valence-electron chi connectivity index (χ4n) is 4.13. The third-order valence-electron chi connectivity index (χ3n) is 5.13. The Labute approximate surface area is 136 Å². The van der Waals surface area contributed by atoms with Crippen LogP contribution in [0.2, 0.25) is 0 Å². The Morgan fingerprint density at radius 1 is 0.826 bits per heavy atom. The first kappa shape index (κ1) is 14.1. The van der Waals surface area contributed by atoms with E-state index in [1.807, 2.05) is 6.92 Å². The normalized spacial score (nSPS) is 15.4. The van der Waals surface area contributed by atoms with E-state index in [1.54, 1.807) is 6.07 Å². The van der Waals surface area contributed by atoms with Crippen LogP contribution < -0.4 is 21.3 Å². The van der Waals surface area contributed by atoms with Crippen LogP contribution in [0.4, 0.5) is 22.7 Å². The first-order chi connectivity index (χ1) is 10.9. The molecule has 0 amide bonds. The molecule has 0 fully saturated rings. The number of nitrogen functional groups attached to an aromatic ring is 2. The van der Waals surface area contributed by atoms with Crippen LogP contribution in [0.25, 0.3) is 0 Å². The summed E-state index contributed by atoms with van der Waals surface area (Å²) < 4.78 is 0. The molecule has 2 aliphatic heterocycles. The molecule has 5 heteroatoms. The summed E-state index contributed by atoms with van der Waals surface area (Å²) >= 11 is 0.